The molecule has 1 saturated heterocycles. The third-order valence-corrected chi connectivity index (χ3v) is 7.17. The van der Waals surface area contributed by atoms with E-state index in [4.69, 9.17) is 4.98 Å². The summed E-state index contributed by atoms with van der Waals surface area (Å²) in [4.78, 5) is 33.9. The van der Waals surface area contributed by atoms with Gasteiger partial charge in [0, 0.05) is 32.4 Å². The number of hydrogen-bond acceptors (Lipinski definition) is 8. The molecule has 4 rings (SSSR count). The van der Waals surface area contributed by atoms with Crippen molar-refractivity contribution < 1.29 is 0 Å². The standard InChI is InChI=1S/C17H23N7O2S2/c1-10(9-27-17-21-20-11(2)28-17)8-24-12-13(22(3)16(26)19-14(12)25)18-15(24)23-6-4-5-7-23/h10H,4-9H2,1-3H3,(H,19,25,26). The second-order valence-corrected chi connectivity index (χ2v) is 9.66. The molecule has 3 aromatic rings. The Labute approximate surface area is 169 Å². The summed E-state index contributed by atoms with van der Waals surface area (Å²) in [5.74, 6) is 1.92. The maximum Gasteiger partial charge on any atom is 0.329 e. The Kier molecular flexibility index (Phi) is 5.28. The lowest BCUT2D eigenvalue weighted by atomic mass is 10.2. The SMILES string of the molecule is Cc1nnc(SCC(C)Cn2c(N3CCCC3)nc3c2c(=O)[nH]c(=O)n3C)s1. The Morgan fingerprint density at radius 2 is 2.00 bits per heavy atom. The molecule has 0 aliphatic carbocycles. The van der Waals surface area contributed by atoms with E-state index >= 15 is 0 Å². The van der Waals surface area contributed by atoms with E-state index < -0.39 is 5.69 Å². The molecule has 28 heavy (non-hydrogen) atoms. The van der Waals surface area contributed by atoms with E-state index in [0.29, 0.717) is 17.7 Å². The summed E-state index contributed by atoms with van der Waals surface area (Å²) in [5.41, 5.74) is 0.0869. The first-order valence-electron chi connectivity index (χ1n) is 9.31. The van der Waals surface area contributed by atoms with Gasteiger partial charge in [0.15, 0.2) is 15.5 Å². The first-order valence-corrected chi connectivity index (χ1v) is 11.1. The molecule has 0 radical (unpaired) electrons. The third kappa shape index (κ3) is 3.60. The summed E-state index contributed by atoms with van der Waals surface area (Å²) in [5, 5.41) is 9.17. The summed E-state index contributed by atoms with van der Waals surface area (Å²) in [6.45, 7) is 6.58. The molecular weight excluding hydrogens is 398 g/mol. The molecule has 1 atom stereocenters. The number of hydrogen-bond donors (Lipinski definition) is 1. The maximum atomic E-state index is 12.6. The van der Waals surface area contributed by atoms with Crippen molar-refractivity contribution in [2.24, 2.45) is 13.0 Å². The number of H-pyrrole nitrogens is 1. The average molecular weight is 422 g/mol. The number of aromatic amines is 1. The van der Waals surface area contributed by atoms with Crippen molar-refractivity contribution in [3.8, 4) is 0 Å². The molecule has 0 bridgehead atoms. The van der Waals surface area contributed by atoms with Gasteiger partial charge in [-0.15, -0.1) is 10.2 Å². The number of nitrogens with zero attached hydrogens (tertiary/aromatic N) is 6. The first-order chi connectivity index (χ1) is 13.4. The monoisotopic (exact) mass is 421 g/mol. The van der Waals surface area contributed by atoms with Crippen molar-refractivity contribution >= 4 is 40.2 Å². The number of imidazole rings is 1. The van der Waals surface area contributed by atoms with E-state index in [9.17, 15) is 9.59 Å². The van der Waals surface area contributed by atoms with Gasteiger partial charge in [0.2, 0.25) is 5.95 Å². The molecule has 11 heteroatoms. The Bertz CT molecular complexity index is 1110. The van der Waals surface area contributed by atoms with Gasteiger partial charge in [-0.25, -0.2) is 4.79 Å². The fraction of sp³-hybridized carbons (Fsp3) is 0.588. The largest absolute Gasteiger partial charge is 0.342 e. The van der Waals surface area contributed by atoms with E-state index in [1.54, 1.807) is 30.1 Å². The highest BCUT2D eigenvalue weighted by Gasteiger charge is 2.24. The maximum absolute atomic E-state index is 12.6. The van der Waals surface area contributed by atoms with E-state index in [-0.39, 0.29) is 11.5 Å². The van der Waals surface area contributed by atoms with Gasteiger partial charge in [-0.3, -0.25) is 14.3 Å². The molecule has 0 saturated carbocycles. The van der Waals surface area contributed by atoms with E-state index in [1.807, 2.05) is 11.5 Å². The molecule has 9 nitrogen and oxygen atoms in total. The van der Waals surface area contributed by atoms with Gasteiger partial charge in [-0.05, 0) is 25.7 Å². The normalized spacial score (nSPS) is 15.6. The summed E-state index contributed by atoms with van der Waals surface area (Å²) < 4.78 is 4.35. The fourth-order valence-electron chi connectivity index (χ4n) is 3.47. The molecular formula is C17H23N7O2S2. The van der Waals surface area contributed by atoms with Crippen molar-refractivity contribution in [2.45, 2.75) is 37.6 Å². The molecule has 0 amide bonds. The van der Waals surface area contributed by atoms with Crippen molar-refractivity contribution in [3.05, 3.63) is 25.8 Å². The highest BCUT2D eigenvalue weighted by molar-refractivity contribution is 8.01. The zero-order valence-corrected chi connectivity index (χ0v) is 17.8. The van der Waals surface area contributed by atoms with Crippen LogP contribution < -0.4 is 16.1 Å². The second kappa shape index (κ2) is 7.70. The summed E-state index contributed by atoms with van der Waals surface area (Å²) in [6.07, 6.45) is 2.22. The van der Waals surface area contributed by atoms with Crippen molar-refractivity contribution in [2.75, 3.05) is 23.7 Å². The minimum atomic E-state index is -0.439. The van der Waals surface area contributed by atoms with Crippen LogP contribution in [0, 0.1) is 12.8 Å². The number of aromatic nitrogens is 6. The predicted octanol–water partition coefficient (Wildman–Crippen LogP) is 1.61. The molecule has 1 aliphatic heterocycles. The second-order valence-electron chi connectivity index (χ2n) is 7.21. The van der Waals surface area contributed by atoms with Crippen LogP contribution in [-0.2, 0) is 13.6 Å². The van der Waals surface area contributed by atoms with Crippen LogP contribution in [0.25, 0.3) is 11.2 Å². The Morgan fingerprint density at radius 1 is 1.25 bits per heavy atom. The number of rotatable bonds is 6. The van der Waals surface area contributed by atoms with Crippen LogP contribution in [0.3, 0.4) is 0 Å². The van der Waals surface area contributed by atoms with Gasteiger partial charge in [-0.1, -0.05) is 30.0 Å². The minimum Gasteiger partial charge on any atom is -0.342 e. The van der Waals surface area contributed by atoms with Gasteiger partial charge in [0.1, 0.15) is 5.01 Å². The number of nitrogens with one attached hydrogen (secondary N) is 1. The van der Waals surface area contributed by atoms with E-state index in [0.717, 1.165) is 47.0 Å². The zero-order valence-electron chi connectivity index (χ0n) is 16.1. The smallest absolute Gasteiger partial charge is 0.329 e. The van der Waals surface area contributed by atoms with Gasteiger partial charge < -0.3 is 9.47 Å². The number of fused-ring (bicyclic) bond motifs is 1. The van der Waals surface area contributed by atoms with Gasteiger partial charge >= 0.3 is 5.69 Å². The zero-order chi connectivity index (χ0) is 19.8. The molecule has 1 fully saturated rings. The molecule has 0 aromatic carbocycles. The Balaban J connectivity index is 1.67. The van der Waals surface area contributed by atoms with Crippen LogP contribution in [0.2, 0.25) is 0 Å². The molecule has 3 aromatic heterocycles. The quantitative estimate of drug-likeness (QED) is 0.603. The Morgan fingerprint density at radius 3 is 2.68 bits per heavy atom. The molecule has 150 valence electrons. The fourth-order valence-corrected chi connectivity index (χ4v) is 5.32. The lowest BCUT2D eigenvalue weighted by molar-refractivity contribution is 0.537. The number of thioether (sulfide) groups is 1. The van der Waals surface area contributed by atoms with Crippen LogP contribution in [0.4, 0.5) is 5.95 Å². The van der Waals surface area contributed by atoms with Gasteiger partial charge in [-0.2, -0.15) is 4.98 Å². The first kappa shape index (κ1) is 19.2. The van der Waals surface area contributed by atoms with Crippen LogP contribution in [0.15, 0.2) is 13.9 Å². The average Bonchev–Trinajstić information content (AvgIpc) is 3.38. The Hall–Kier alpha value is -2.14. The molecule has 1 unspecified atom stereocenters. The number of aryl methyl sites for hydroxylation is 2. The topological polar surface area (TPSA) is 102 Å². The lowest BCUT2D eigenvalue weighted by Crippen LogP contribution is -2.30. The highest BCUT2D eigenvalue weighted by atomic mass is 32.2. The highest BCUT2D eigenvalue weighted by Crippen LogP contribution is 2.27. The van der Waals surface area contributed by atoms with Crippen LogP contribution >= 0.6 is 23.1 Å². The molecule has 0 spiro atoms. The van der Waals surface area contributed by atoms with Crippen LogP contribution in [0.5, 0.6) is 0 Å². The predicted molar refractivity (Wildman–Crippen MR) is 112 cm³/mol. The van der Waals surface area contributed by atoms with Crippen molar-refractivity contribution in [3.63, 3.8) is 0 Å². The third-order valence-electron chi connectivity index (χ3n) is 4.87. The van der Waals surface area contributed by atoms with E-state index in [1.165, 1.54) is 4.57 Å². The number of anilines is 1. The summed E-state index contributed by atoms with van der Waals surface area (Å²) in [6, 6.07) is 0. The molecule has 1 N–H and O–H groups in total. The van der Waals surface area contributed by atoms with Crippen LogP contribution in [0.1, 0.15) is 24.8 Å². The van der Waals surface area contributed by atoms with Crippen LogP contribution in [-0.4, -0.2) is 48.1 Å². The van der Waals surface area contributed by atoms with E-state index in [2.05, 4.69) is 27.0 Å². The van der Waals surface area contributed by atoms with Crippen molar-refractivity contribution in [1.29, 1.82) is 0 Å². The molecule has 4 heterocycles. The molecule has 1 aliphatic rings. The van der Waals surface area contributed by atoms with Gasteiger partial charge in [0.25, 0.3) is 5.56 Å². The summed E-state index contributed by atoms with van der Waals surface area (Å²) >= 11 is 3.27. The summed E-state index contributed by atoms with van der Waals surface area (Å²) in [7, 11) is 1.64. The van der Waals surface area contributed by atoms with Gasteiger partial charge in [0.05, 0.1) is 0 Å². The van der Waals surface area contributed by atoms with Crippen molar-refractivity contribution in [1.82, 2.24) is 29.3 Å². The lowest BCUT2D eigenvalue weighted by Gasteiger charge is -2.20. The minimum absolute atomic E-state index is 0.282.